The summed E-state index contributed by atoms with van der Waals surface area (Å²) in [5.74, 6) is 1.87. The van der Waals surface area contributed by atoms with Crippen LogP contribution in [0.1, 0.15) is 37.7 Å². The predicted molar refractivity (Wildman–Crippen MR) is 151 cm³/mol. The lowest BCUT2D eigenvalue weighted by atomic mass is 10.0. The summed E-state index contributed by atoms with van der Waals surface area (Å²) in [5.41, 5.74) is 3.58. The van der Waals surface area contributed by atoms with Crippen LogP contribution in [0, 0.1) is 6.92 Å². The monoisotopic (exact) mass is 510 g/mol. The van der Waals surface area contributed by atoms with E-state index in [-0.39, 0.29) is 12.1 Å². The summed E-state index contributed by atoms with van der Waals surface area (Å²) >= 11 is 0. The van der Waals surface area contributed by atoms with Gasteiger partial charge >= 0.3 is 0 Å². The Morgan fingerprint density at radius 1 is 0.921 bits per heavy atom. The summed E-state index contributed by atoms with van der Waals surface area (Å²) in [4.78, 5) is 13.8. The Labute approximate surface area is 222 Å². The molecule has 0 radical (unpaired) electrons. The molecule has 1 saturated heterocycles. The van der Waals surface area contributed by atoms with Crippen molar-refractivity contribution in [1.29, 1.82) is 0 Å². The van der Waals surface area contributed by atoms with E-state index < -0.39 is 0 Å². The molecule has 0 bridgehead atoms. The Kier molecular flexibility index (Phi) is 7.07. The molecule has 0 unspecified atom stereocenters. The lowest BCUT2D eigenvalue weighted by Crippen LogP contribution is -2.38. The number of aromatic nitrogens is 3. The molecule has 4 N–H and O–H groups in total. The number of ether oxygens (including phenoxy) is 1. The third-order valence-corrected chi connectivity index (χ3v) is 7.56. The molecule has 0 spiro atoms. The molecule has 8 heteroatoms. The van der Waals surface area contributed by atoms with E-state index in [9.17, 15) is 5.11 Å². The molecule has 8 nitrogen and oxygen atoms in total. The number of hydrogen-bond donors (Lipinski definition) is 4. The van der Waals surface area contributed by atoms with Gasteiger partial charge in [0.25, 0.3) is 0 Å². The van der Waals surface area contributed by atoms with Gasteiger partial charge in [-0.05, 0) is 75.4 Å². The first-order valence-corrected chi connectivity index (χ1v) is 13.6. The van der Waals surface area contributed by atoms with E-state index in [2.05, 4.69) is 50.2 Å². The number of nitrogens with one attached hydrogen (secondary N) is 3. The topological polar surface area (TPSA) is 104 Å². The molecule has 1 aliphatic heterocycles. The zero-order valence-corrected chi connectivity index (χ0v) is 21.7. The largest absolute Gasteiger partial charge is 0.437 e. The van der Waals surface area contributed by atoms with Crippen LogP contribution in [-0.2, 0) is 0 Å². The van der Waals surface area contributed by atoms with E-state index in [4.69, 9.17) is 9.72 Å². The van der Waals surface area contributed by atoms with Crippen LogP contribution < -0.4 is 20.7 Å². The molecule has 3 atom stereocenters. The quantitative estimate of drug-likeness (QED) is 0.266. The average molecular weight is 511 g/mol. The second-order valence-electron chi connectivity index (χ2n) is 10.3. The molecule has 196 valence electrons. The van der Waals surface area contributed by atoms with Crippen molar-refractivity contribution in [3.8, 4) is 22.9 Å². The molecule has 6 rings (SSSR count). The fraction of sp³-hybridized carbons (Fsp3) is 0.367. The van der Waals surface area contributed by atoms with Crippen molar-refractivity contribution in [2.45, 2.75) is 57.2 Å². The van der Waals surface area contributed by atoms with E-state index in [1.54, 1.807) is 12.4 Å². The minimum atomic E-state index is -0.316. The number of pyridine rings is 1. The molecule has 4 aromatic rings. The van der Waals surface area contributed by atoms with E-state index in [0.29, 0.717) is 17.9 Å². The molecule has 2 aliphatic rings. The average Bonchev–Trinajstić information content (AvgIpc) is 3.35. The molecule has 2 aromatic carbocycles. The third kappa shape index (κ3) is 5.14. The van der Waals surface area contributed by atoms with Crippen molar-refractivity contribution in [3.05, 3.63) is 66.5 Å². The van der Waals surface area contributed by atoms with Gasteiger partial charge in [-0.1, -0.05) is 24.3 Å². The summed E-state index contributed by atoms with van der Waals surface area (Å²) in [5, 5.41) is 22.9. The Morgan fingerprint density at radius 2 is 1.87 bits per heavy atom. The van der Waals surface area contributed by atoms with Crippen LogP contribution in [0.4, 0.5) is 11.6 Å². The SMILES string of the molecule is Cc1ccc2c(N[C@@H]3CCC[C@H]3O)cccc2c1Oc1ncccc1-c1ccnc(N[C@H]2CCCNC2)n1. The van der Waals surface area contributed by atoms with Crippen molar-refractivity contribution in [3.63, 3.8) is 0 Å². The molecule has 3 heterocycles. The minimum Gasteiger partial charge on any atom is -0.437 e. The van der Waals surface area contributed by atoms with E-state index in [1.165, 1.54) is 0 Å². The summed E-state index contributed by atoms with van der Waals surface area (Å²) in [6.45, 7) is 4.01. The standard InChI is InChI=1S/C30H34N6O2/c1-19-12-13-21-22(7-2-9-24(21)35-26-10-3-11-27(26)37)28(19)38-29-23(8-5-16-32-29)25-14-17-33-30(36-25)34-20-6-4-15-31-18-20/h2,5,7-9,12-14,16-17,20,26-27,31,35,37H,3-4,6,10-11,15,18H2,1H3,(H,33,34,36)/t20-,26+,27+/m0/s1. The molecule has 38 heavy (non-hydrogen) atoms. The number of aryl methyl sites for hydroxylation is 1. The summed E-state index contributed by atoms with van der Waals surface area (Å²) in [6.07, 6.45) is 8.28. The van der Waals surface area contributed by atoms with Crippen molar-refractivity contribution < 1.29 is 9.84 Å². The summed E-state index contributed by atoms with van der Waals surface area (Å²) < 4.78 is 6.56. The van der Waals surface area contributed by atoms with Gasteiger partial charge in [0.15, 0.2) is 0 Å². The highest BCUT2D eigenvalue weighted by molar-refractivity contribution is 5.98. The van der Waals surface area contributed by atoms with Gasteiger partial charge in [0.1, 0.15) is 5.75 Å². The number of rotatable bonds is 7. The fourth-order valence-electron chi connectivity index (χ4n) is 5.51. The second-order valence-corrected chi connectivity index (χ2v) is 10.3. The van der Waals surface area contributed by atoms with E-state index in [0.717, 1.165) is 84.2 Å². The van der Waals surface area contributed by atoms with Crippen LogP contribution in [-0.4, -0.2) is 51.3 Å². The zero-order valence-electron chi connectivity index (χ0n) is 21.7. The Hall–Kier alpha value is -3.75. The van der Waals surface area contributed by atoms with Gasteiger partial charge in [-0.25, -0.2) is 15.0 Å². The Morgan fingerprint density at radius 3 is 2.71 bits per heavy atom. The van der Waals surface area contributed by atoms with E-state index in [1.807, 2.05) is 31.2 Å². The number of aliphatic hydroxyl groups excluding tert-OH is 1. The van der Waals surface area contributed by atoms with Gasteiger partial charge in [-0.3, -0.25) is 0 Å². The predicted octanol–water partition coefficient (Wildman–Crippen LogP) is 5.28. The molecular formula is C30H34N6O2. The van der Waals surface area contributed by atoms with Crippen molar-refractivity contribution >= 4 is 22.4 Å². The third-order valence-electron chi connectivity index (χ3n) is 7.56. The van der Waals surface area contributed by atoms with Crippen molar-refractivity contribution in [1.82, 2.24) is 20.3 Å². The van der Waals surface area contributed by atoms with Crippen LogP contribution in [0.2, 0.25) is 0 Å². The maximum absolute atomic E-state index is 10.4. The van der Waals surface area contributed by atoms with Gasteiger partial charge in [-0.15, -0.1) is 0 Å². The maximum Gasteiger partial charge on any atom is 0.228 e. The normalized spacial score (nSPS) is 21.4. The molecule has 0 amide bonds. The number of piperidine rings is 1. The highest BCUT2D eigenvalue weighted by Crippen LogP contribution is 2.39. The summed E-state index contributed by atoms with van der Waals surface area (Å²) in [7, 11) is 0. The van der Waals surface area contributed by atoms with Gasteiger partial charge < -0.3 is 25.8 Å². The van der Waals surface area contributed by atoms with Crippen molar-refractivity contribution in [2.24, 2.45) is 0 Å². The Bertz CT molecular complexity index is 1420. The second kappa shape index (κ2) is 10.9. The molecular weight excluding hydrogens is 476 g/mol. The maximum atomic E-state index is 10.4. The molecule has 1 aliphatic carbocycles. The number of aliphatic hydroxyl groups is 1. The molecule has 2 aromatic heterocycles. The van der Waals surface area contributed by atoms with Crippen molar-refractivity contribution in [2.75, 3.05) is 23.7 Å². The number of fused-ring (bicyclic) bond motifs is 1. The van der Waals surface area contributed by atoms with Crippen LogP contribution in [0.15, 0.2) is 60.9 Å². The number of nitrogens with zero attached hydrogens (tertiary/aromatic N) is 3. The highest BCUT2D eigenvalue weighted by atomic mass is 16.5. The van der Waals surface area contributed by atoms with Gasteiger partial charge in [0.05, 0.1) is 23.4 Å². The lowest BCUT2D eigenvalue weighted by Gasteiger charge is -2.23. The number of hydrogen-bond acceptors (Lipinski definition) is 8. The lowest BCUT2D eigenvalue weighted by molar-refractivity contribution is 0.172. The van der Waals surface area contributed by atoms with Crippen LogP contribution in [0.5, 0.6) is 11.6 Å². The fourth-order valence-corrected chi connectivity index (χ4v) is 5.51. The minimum absolute atomic E-state index is 0.0682. The van der Waals surface area contributed by atoms with Crippen LogP contribution >= 0.6 is 0 Å². The summed E-state index contributed by atoms with van der Waals surface area (Å²) in [6, 6.07) is 16.5. The van der Waals surface area contributed by atoms with Gasteiger partial charge in [-0.2, -0.15) is 0 Å². The first-order valence-electron chi connectivity index (χ1n) is 13.6. The van der Waals surface area contributed by atoms with Crippen LogP contribution in [0.3, 0.4) is 0 Å². The first-order chi connectivity index (χ1) is 18.7. The number of benzene rings is 2. The number of anilines is 2. The smallest absolute Gasteiger partial charge is 0.228 e. The van der Waals surface area contributed by atoms with Gasteiger partial charge in [0, 0.05) is 41.4 Å². The molecule has 2 fully saturated rings. The molecule has 1 saturated carbocycles. The first kappa shape index (κ1) is 24.6. The van der Waals surface area contributed by atoms with E-state index >= 15 is 0 Å². The zero-order chi connectivity index (χ0) is 25.9. The van der Waals surface area contributed by atoms with Gasteiger partial charge in [0.2, 0.25) is 11.8 Å². The van der Waals surface area contributed by atoms with Crippen LogP contribution in [0.25, 0.3) is 22.0 Å². The highest BCUT2D eigenvalue weighted by Gasteiger charge is 2.25. The Balaban J connectivity index is 1.32.